The van der Waals surface area contributed by atoms with E-state index in [2.05, 4.69) is 15.2 Å². The number of hydrogen-bond donors (Lipinski definition) is 0. The molecule has 0 saturated heterocycles. The summed E-state index contributed by atoms with van der Waals surface area (Å²) in [7, 11) is 3.18. The van der Waals surface area contributed by atoms with Crippen LogP contribution in [0.25, 0.3) is 22.9 Å². The molecule has 3 rings (SSSR count). The van der Waals surface area contributed by atoms with E-state index in [4.69, 9.17) is 13.9 Å². The molecular weight excluding hydrogens is 270 g/mol. The molecule has 21 heavy (non-hydrogen) atoms. The van der Waals surface area contributed by atoms with Gasteiger partial charge < -0.3 is 13.9 Å². The van der Waals surface area contributed by atoms with E-state index in [9.17, 15) is 0 Å². The van der Waals surface area contributed by atoms with Gasteiger partial charge in [0.2, 0.25) is 11.8 Å². The van der Waals surface area contributed by atoms with Crippen LogP contribution in [0, 0.1) is 0 Å². The van der Waals surface area contributed by atoms with Crippen molar-refractivity contribution in [1.29, 1.82) is 0 Å². The fourth-order valence-electron chi connectivity index (χ4n) is 1.88. The standard InChI is InChI=1S/C15H13N3O3/c1-19-12-7-11(8-13(9-12)20-2)15-18-17-14(21-15)10-3-5-16-6-4-10/h3-9H,1-2H3. The summed E-state index contributed by atoms with van der Waals surface area (Å²) in [5.74, 6) is 2.16. The lowest BCUT2D eigenvalue weighted by Gasteiger charge is -2.05. The Bertz CT molecular complexity index is 719. The third kappa shape index (κ3) is 2.69. The van der Waals surface area contributed by atoms with Gasteiger partial charge in [0, 0.05) is 29.6 Å². The zero-order chi connectivity index (χ0) is 14.7. The highest BCUT2D eigenvalue weighted by molar-refractivity contribution is 5.61. The first-order valence-electron chi connectivity index (χ1n) is 6.27. The summed E-state index contributed by atoms with van der Waals surface area (Å²) in [4.78, 5) is 3.96. The molecule has 0 fully saturated rings. The van der Waals surface area contributed by atoms with E-state index >= 15 is 0 Å². The summed E-state index contributed by atoms with van der Waals surface area (Å²) in [6.45, 7) is 0. The predicted molar refractivity (Wildman–Crippen MR) is 76.1 cm³/mol. The van der Waals surface area contributed by atoms with Gasteiger partial charge in [-0.3, -0.25) is 4.98 Å². The molecule has 0 saturated carbocycles. The van der Waals surface area contributed by atoms with Gasteiger partial charge >= 0.3 is 0 Å². The Hall–Kier alpha value is -2.89. The van der Waals surface area contributed by atoms with Crippen LogP contribution in [-0.2, 0) is 0 Å². The summed E-state index contributed by atoms with van der Waals surface area (Å²) in [5, 5.41) is 8.11. The van der Waals surface area contributed by atoms with Crippen molar-refractivity contribution in [2.24, 2.45) is 0 Å². The van der Waals surface area contributed by atoms with E-state index in [0.29, 0.717) is 23.3 Å². The molecule has 0 amide bonds. The van der Waals surface area contributed by atoms with E-state index < -0.39 is 0 Å². The average molecular weight is 283 g/mol. The lowest BCUT2D eigenvalue weighted by molar-refractivity contribution is 0.394. The second kappa shape index (κ2) is 5.62. The molecule has 0 N–H and O–H groups in total. The van der Waals surface area contributed by atoms with E-state index in [1.807, 2.05) is 24.3 Å². The van der Waals surface area contributed by atoms with E-state index in [1.165, 1.54) is 0 Å². The number of pyridine rings is 1. The SMILES string of the molecule is COc1cc(OC)cc(-c2nnc(-c3ccncc3)o2)c1. The molecule has 0 spiro atoms. The highest BCUT2D eigenvalue weighted by Crippen LogP contribution is 2.30. The molecule has 106 valence electrons. The van der Waals surface area contributed by atoms with E-state index in [1.54, 1.807) is 32.7 Å². The van der Waals surface area contributed by atoms with Gasteiger partial charge in [-0.25, -0.2) is 0 Å². The normalized spacial score (nSPS) is 10.4. The van der Waals surface area contributed by atoms with Gasteiger partial charge in [0.15, 0.2) is 0 Å². The maximum Gasteiger partial charge on any atom is 0.248 e. The average Bonchev–Trinajstić information content (AvgIpc) is 3.05. The Morgan fingerprint density at radius 3 is 1.95 bits per heavy atom. The molecular formula is C15H13N3O3. The van der Waals surface area contributed by atoms with Gasteiger partial charge in [0.05, 0.1) is 14.2 Å². The number of benzene rings is 1. The van der Waals surface area contributed by atoms with Gasteiger partial charge in [0.25, 0.3) is 0 Å². The van der Waals surface area contributed by atoms with Gasteiger partial charge in [-0.2, -0.15) is 0 Å². The highest BCUT2D eigenvalue weighted by Gasteiger charge is 2.12. The predicted octanol–water partition coefficient (Wildman–Crippen LogP) is 2.82. The number of ether oxygens (including phenoxy) is 2. The molecule has 1 aromatic carbocycles. The largest absolute Gasteiger partial charge is 0.497 e. The van der Waals surface area contributed by atoms with Crippen LogP contribution in [0.3, 0.4) is 0 Å². The van der Waals surface area contributed by atoms with Gasteiger partial charge in [0.1, 0.15) is 11.5 Å². The minimum Gasteiger partial charge on any atom is -0.497 e. The van der Waals surface area contributed by atoms with Crippen molar-refractivity contribution in [3.63, 3.8) is 0 Å². The van der Waals surface area contributed by atoms with Gasteiger partial charge in [-0.05, 0) is 24.3 Å². The third-order valence-corrected chi connectivity index (χ3v) is 2.95. The zero-order valence-electron chi connectivity index (χ0n) is 11.6. The fourth-order valence-corrected chi connectivity index (χ4v) is 1.88. The van der Waals surface area contributed by atoms with Crippen molar-refractivity contribution in [2.75, 3.05) is 14.2 Å². The van der Waals surface area contributed by atoms with Crippen LogP contribution in [0.1, 0.15) is 0 Å². The number of rotatable bonds is 4. The lowest BCUT2D eigenvalue weighted by atomic mass is 10.2. The van der Waals surface area contributed by atoms with Crippen molar-refractivity contribution in [2.45, 2.75) is 0 Å². The molecule has 0 aliphatic heterocycles. The molecule has 6 heteroatoms. The second-order valence-electron chi connectivity index (χ2n) is 4.25. The Balaban J connectivity index is 2.00. The minimum absolute atomic E-state index is 0.402. The number of aromatic nitrogens is 3. The number of methoxy groups -OCH3 is 2. The zero-order valence-corrected chi connectivity index (χ0v) is 11.6. The smallest absolute Gasteiger partial charge is 0.248 e. The Morgan fingerprint density at radius 1 is 0.810 bits per heavy atom. The highest BCUT2D eigenvalue weighted by atomic mass is 16.5. The number of hydrogen-bond acceptors (Lipinski definition) is 6. The van der Waals surface area contributed by atoms with Crippen molar-refractivity contribution < 1.29 is 13.9 Å². The van der Waals surface area contributed by atoms with Gasteiger partial charge in [-0.15, -0.1) is 10.2 Å². The van der Waals surface area contributed by atoms with Crippen LogP contribution in [0.2, 0.25) is 0 Å². The third-order valence-electron chi connectivity index (χ3n) is 2.95. The molecule has 2 heterocycles. The van der Waals surface area contributed by atoms with Crippen LogP contribution < -0.4 is 9.47 Å². The van der Waals surface area contributed by atoms with Crippen LogP contribution in [0.4, 0.5) is 0 Å². The molecule has 0 radical (unpaired) electrons. The molecule has 0 atom stereocenters. The summed E-state index contributed by atoms with van der Waals surface area (Å²) < 4.78 is 16.2. The molecule has 0 bridgehead atoms. The monoisotopic (exact) mass is 283 g/mol. The van der Waals surface area contributed by atoms with Crippen LogP contribution in [0.15, 0.2) is 47.1 Å². The Kier molecular flexibility index (Phi) is 3.51. The first kappa shape index (κ1) is 13.1. The van der Waals surface area contributed by atoms with Crippen LogP contribution in [-0.4, -0.2) is 29.4 Å². The Morgan fingerprint density at radius 2 is 1.38 bits per heavy atom. The maximum atomic E-state index is 5.69. The van der Waals surface area contributed by atoms with Crippen molar-refractivity contribution >= 4 is 0 Å². The van der Waals surface area contributed by atoms with Crippen molar-refractivity contribution in [3.05, 3.63) is 42.7 Å². The molecule has 3 aromatic rings. The van der Waals surface area contributed by atoms with Crippen molar-refractivity contribution in [3.8, 4) is 34.4 Å². The first-order valence-corrected chi connectivity index (χ1v) is 6.27. The minimum atomic E-state index is 0.402. The van der Waals surface area contributed by atoms with Crippen LogP contribution in [0.5, 0.6) is 11.5 Å². The summed E-state index contributed by atoms with van der Waals surface area (Å²) in [6, 6.07) is 9.02. The molecule has 2 aromatic heterocycles. The van der Waals surface area contributed by atoms with E-state index in [-0.39, 0.29) is 0 Å². The first-order chi connectivity index (χ1) is 10.3. The number of nitrogens with zero attached hydrogens (tertiary/aromatic N) is 3. The summed E-state index contributed by atoms with van der Waals surface area (Å²) >= 11 is 0. The lowest BCUT2D eigenvalue weighted by Crippen LogP contribution is -1.88. The maximum absolute atomic E-state index is 5.69. The molecule has 0 unspecified atom stereocenters. The molecule has 0 aliphatic carbocycles. The molecule has 0 aliphatic rings. The van der Waals surface area contributed by atoms with Gasteiger partial charge in [-0.1, -0.05) is 0 Å². The van der Waals surface area contributed by atoms with Crippen molar-refractivity contribution in [1.82, 2.24) is 15.2 Å². The topological polar surface area (TPSA) is 70.3 Å². The quantitative estimate of drug-likeness (QED) is 0.733. The second-order valence-corrected chi connectivity index (χ2v) is 4.25. The van der Waals surface area contributed by atoms with E-state index in [0.717, 1.165) is 11.1 Å². The fraction of sp³-hybridized carbons (Fsp3) is 0.133. The van der Waals surface area contributed by atoms with Crippen LogP contribution >= 0.6 is 0 Å². The summed E-state index contributed by atoms with van der Waals surface area (Å²) in [6.07, 6.45) is 3.35. The molecule has 6 nitrogen and oxygen atoms in total. The summed E-state index contributed by atoms with van der Waals surface area (Å²) in [5.41, 5.74) is 1.55. The Labute approximate surface area is 121 Å².